The summed E-state index contributed by atoms with van der Waals surface area (Å²) < 4.78 is 11.1. The third-order valence-electron chi connectivity index (χ3n) is 5.60. The van der Waals surface area contributed by atoms with Gasteiger partial charge in [0, 0.05) is 41.5 Å². The van der Waals surface area contributed by atoms with Gasteiger partial charge in [0.2, 0.25) is 11.7 Å². The van der Waals surface area contributed by atoms with Gasteiger partial charge in [-0.15, -0.1) is 0 Å². The SMILES string of the molecule is COc1cc(C(=O)Nc2ccc3c(c2)CCCN3C(C)=O)ccc1Oc1ccc(Cl)cc1[N+](=O)[O-]. The van der Waals surface area contributed by atoms with Gasteiger partial charge in [0.1, 0.15) is 0 Å². The van der Waals surface area contributed by atoms with E-state index < -0.39 is 4.92 Å². The first-order valence-electron chi connectivity index (χ1n) is 10.8. The molecular formula is C25H22ClN3O6. The third kappa shape index (κ3) is 5.20. The van der Waals surface area contributed by atoms with Gasteiger partial charge in [-0.1, -0.05) is 11.6 Å². The first-order valence-corrected chi connectivity index (χ1v) is 11.2. The average molecular weight is 496 g/mol. The van der Waals surface area contributed by atoms with Crippen molar-refractivity contribution in [3.63, 3.8) is 0 Å². The van der Waals surface area contributed by atoms with Crippen LogP contribution in [-0.2, 0) is 11.2 Å². The van der Waals surface area contributed by atoms with Crippen LogP contribution in [0.3, 0.4) is 0 Å². The van der Waals surface area contributed by atoms with Crippen LogP contribution in [0.25, 0.3) is 0 Å². The van der Waals surface area contributed by atoms with Crippen LogP contribution in [0.2, 0.25) is 5.02 Å². The second-order valence-corrected chi connectivity index (χ2v) is 8.35. The molecule has 0 aliphatic carbocycles. The fourth-order valence-corrected chi connectivity index (χ4v) is 4.10. The van der Waals surface area contributed by atoms with Gasteiger partial charge in [0.15, 0.2) is 11.5 Å². The summed E-state index contributed by atoms with van der Waals surface area (Å²) in [5.41, 5.74) is 2.48. The molecule has 2 amide bonds. The fourth-order valence-electron chi connectivity index (χ4n) is 3.94. The van der Waals surface area contributed by atoms with E-state index in [-0.39, 0.29) is 39.8 Å². The summed E-state index contributed by atoms with van der Waals surface area (Å²) in [5, 5.41) is 14.4. The zero-order valence-corrected chi connectivity index (χ0v) is 19.8. The van der Waals surface area contributed by atoms with E-state index in [1.807, 2.05) is 12.1 Å². The Labute approximate surface area is 206 Å². The van der Waals surface area contributed by atoms with E-state index in [1.165, 1.54) is 50.4 Å². The molecule has 0 saturated heterocycles. The summed E-state index contributed by atoms with van der Waals surface area (Å²) in [6.45, 7) is 2.22. The van der Waals surface area contributed by atoms with Gasteiger partial charge in [-0.05, 0) is 66.9 Å². The van der Waals surface area contributed by atoms with Crippen molar-refractivity contribution in [2.45, 2.75) is 19.8 Å². The number of fused-ring (bicyclic) bond motifs is 1. The highest BCUT2D eigenvalue weighted by molar-refractivity contribution is 6.30. The van der Waals surface area contributed by atoms with Crippen LogP contribution in [0.15, 0.2) is 54.6 Å². The molecule has 3 aromatic carbocycles. The zero-order valence-electron chi connectivity index (χ0n) is 19.0. The van der Waals surface area contributed by atoms with Crippen LogP contribution in [0.5, 0.6) is 17.2 Å². The summed E-state index contributed by atoms with van der Waals surface area (Å²) in [6, 6.07) is 14.1. The van der Waals surface area contributed by atoms with E-state index in [2.05, 4.69) is 5.32 Å². The minimum Gasteiger partial charge on any atom is -0.493 e. The normalized spacial score (nSPS) is 12.5. The number of nitrogens with one attached hydrogen (secondary N) is 1. The molecule has 0 radical (unpaired) electrons. The number of aryl methyl sites for hydroxylation is 1. The van der Waals surface area contributed by atoms with E-state index in [0.29, 0.717) is 17.8 Å². The number of benzene rings is 3. The van der Waals surface area contributed by atoms with Gasteiger partial charge < -0.3 is 19.7 Å². The van der Waals surface area contributed by atoms with Gasteiger partial charge in [-0.25, -0.2) is 0 Å². The van der Waals surface area contributed by atoms with Crippen LogP contribution in [0, 0.1) is 10.1 Å². The molecule has 1 aliphatic rings. The molecule has 10 heteroatoms. The molecule has 0 aromatic heterocycles. The largest absolute Gasteiger partial charge is 0.493 e. The number of halogens is 1. The Morgan fingerprint density at radius 1 is 1.06 bits per heavy atom. The summed E-state index contributed by atoms with van der Waals surface area (Å²) in [5.74, 6) is 0.0353. The monoisotopic (exact) mass is 495 g/mol. The smallest absolute Gasteiger partial charge is 0.313 e. The number of amides is 2. The van der Waals surface area contributed by atoms with Crippen molar-refractivity contribution in [2.75, 3.05) is 23.9 Å². The van der Waals surface area contributed by atoms with E-state index in [0.717, 1.165) is 24.1 Å². The van der Waals surface area contributed by atoms with E-state index in [9.17, 15) is 19.7 Å². The molecule has 0 unspecified atom stereocenters. The predicted octanol–water partition coefficient (Wildman–Crippen LogP) is 5.60. The molecule has 1 aliphatic heterocycles. The minimum atomic E-state index is -0.594. The molecule has 0 atom stereocenters. The minimum absolute atomic E-state index is 0.0106. The highest BCUT2D eigenvalue weighted by Crippen LogP contribution is 2.38. The maximum absolute atomic E-state index is 12.9. The first kappa shape index (κ1) is 24.0. The van der Waals surface area contributed by atoms with Crippen LogP contribution in [-0.4, -0.2) is 30.4 Å². The number of nitro benzene ring substituents is 1. The molecule has 3 aromatic rings. The topological polar surface area (TPSA) is 111 Å². The van der Waals surface area contributed by atoms with Crippen molar-refractivity contribution < 1.29 is 24.0 Å². The highest BCUT2D eigenvalue weighted by Gasteiger charge is 2.21. The fraction of sp³-hybridized carbons (Fsp3) is 0.200. The Kier molecular flexibility index (Phi) is 6.88. The number of methoxy groups -OCH3 is 1. The standard InChI is InChI=1S/C25H22ClN3O6/c1-15(30)28-11-3-4-16-12-19(7-8-20(16)28)27-25(31)17-5-9-23(24(13-17)34-2)35-22-10-6-18(26)14-21(22)29(32)33/h5-10,12-14H,3-4,11H2,1-2H3,(H,27,31). The molecule has 1 heterocycles. The number of anilines is 2. The third-order valence-corrected chi connectivity index (χ3v) is 5.83. The highest BCUT2D eigenvalue weighted by atomic mass is 35.5. The lowest BCUT2D eigenvalue weighted by Crippen LogP contribution is -2.33. The van der Waals surface area contributed by atoms with Gasteiger partial charge in [0.25, 0.3) is 5.91 Å². The van der Waals surface area contributed by atoms with Crippen LogP contribution in [0.4, 0.5) is 17.1 Å². The molecule has 0 spiro atoms. The number of rotatable bonds is 6. The van der Waals surface area contributed by atoms with Gasteiger partial charge in [0.05, 0.1) is 12.0 Å². The Hall–Kier alpha value is -4.11. The summed E-state index contributed by atoms with van der Waals surface area (Å²) in [7, 11) is 1.41. The van der Waals surface area contributed by atoms with E-state index in [1.54, 1.807) is 11.0 Å². The Bertz CT molecular complexity index is 1330. The second kappa shape index (κ2) is 10.0. The number of nitro groups is 1. The van der Waals surface area contributed by atoms with Crippen LogP contribution >= 0.6 is 11.6 Å². The lowest BCUT2D eigenvalue weighted by Gasteiger charge is -2.29. The average Bonchev–Trinajstić information content (AvgIpc) is 2.84. The maximum Gasteiger partial charge on any atom is 0.313 e. The summed E-state index contributed by atoms with van der Waals surface area (Å²) >= 11 is 5.86. The van der Waals surface area contributed by atoms with Crippen molar-refractivity contribution in [3.8, 4) is 17.2 Å². The quantitative estimate of drug-likeness (QED) is 0.352. The molecule has 9 nitrogen and oxygen atoms in total. The Morgan fingerprint density at radius 3 is 2.54 bits per heavy atom. The van der Waals surface area contributed by atoms with Crippen molar-refractivity contribution in [2.24, 2.45) is 0 Å². The number of ether oxygens (including phenoxy) is 2. The van der Waals surface area contributed by atoms with Crippen LogP contribution in [0.1, 0.15) is 29.3 Å². The number of hydrogen-bond acceptors (Lipinski definition) is 6. The molecule has 35 heavy (non-hydrogen) atoms. The van der Waals surface area contributed by atoms with Crippen molar-refractivity contribution >= 4 is 40.5 Å². The Morgan fingerprint density at radius 2 is 1.83 bits per heavy atom. The molecule has 4 rings (SSSR count). The lowest BCUT2D eigenvalue weighted by molar-refractivity contribution is -0.385. The van der Waals surface area contributed by atoms with Gasteiger partial charge >= 0.3 is 5.69 Å². The number of hydrogen-bond donors (Lipinski definition) is 1. The van der Waals surface area contributed by atoms with Crippen molar-refractivity contribution in [3.05, 3.63) is 80.9 Å². The van der Waals surface area contributed by atoms with E-state index in [4.69, 9.17) is 21.1 Å². The maximum atomic E-state index is 12.9. The number of nitrogens with zero attached hydrogens (tertiary/aromatic N) is 2. The molecule has 1 N–H and O–H groups in total. The molecule has 180 valence electrons. The van der Waals surface area contributed by atoms with Crippen molar-refractivity contribution in [1.29, 1.82) is 0 Å². The Balaban J connectivity index is 1.54. The molecule has 0 bridgehead atoms. The number of carbonyl (C=O) groups is 2. The first-order chi connectivity index (χ1) is 16.8. The molecular weight excluding hydrogens is 474 g/mol. The second-order valence-electron chi connectivity index (χ2n) is 7.91. The molecule has 0 fully saturated rings. The van der Waals surface area contributed by atoms with Gasteiger partial charge in [-0.3, -0.25) is 19.7 Å². The van der Waals surface area contributed by atoms with Crippen molar-refractivity contribution in [1.82, 2.24) is 0 Å². The molecule has 0 saturated carbocycles. The lowest BCUT2D eigenvalue weighted by atomic mass is 10.0. The summed E-state index contributed by atoms with van der Waals surface area (Å²) in [6.07, 6.45) is 1.67. The summed E-state index contributed by atoms with van der Waals surface area (Å²) in [4.78, 5) is 37.3. The van der Waals surface area contributed by atoms with E-state index >= 15 is 0 Å². The zero-order chi connectivity index (χ0) is 25.1. The van der Waals surface area contributed by atoms with Gasteiger partial charge in [-0.2, -0.15) is 0 Å². The predicted molar refractivity (Wildman–Crippen MR) is 132 cm³/mol. The van der Waals surface area contributed by atoms with Crippen LogP contribution < -0.4 is 19.7 Å². The number of carbonyl (C=O) groups excluding carboxylic acids is 2.